The van der Waals surface area contributed by atoms with Crippen LogP contribution in [0.5, 0.6) is 5.75 Å². The van der Waals surface area contributed by atoms with Crippen molar-refractivity contribution in [1.82, 2.24) is 0 Å². The van der Waals surface area contributed by atoms with E-state index in [1.165, 1.54) is 5.56 Å². The van der Waals surface area contributed by atoms with Crippen molar-refractivity contribution < 1.29 is 9.15 Å². The van der Waals surface area contributed by atoms with Crippen molar-refractivity contribution in [2.75, 3.05) is 0 Å². The SMILES string of the molecule is Cc1cccc(OCc2coc3cc(CN)ccc23)c1. The zero-order valence-corrected chi connectivity index (χ0v) is 11.4. The van der Waals surface area contributed by atoms with E-state index in [4.69, 9.17) is 14.9 Å². The molecule has 0 unspecified atom stereocenters. The van der Waals surface area contributed by atoms with E-state index >= 15 is 0 Å². The van der Waals surface area contributed by atoms with Crippen molar-refractivity contribution >= 4 is 11.0 Å². The molecule has 0 saturated heterocycles. The highest BCUT2D eigenvalue weighted by Crippen LogP contribution is 2.24. The number of ether oxygens (including phenoxy) is 1. The molecule has 0 aliphatic rings. The Bertz CT molecular complexity index is 731. The van der Waals surface area contributed by atoms with Crippen molar-refractivity contribution in [2.45, 2.75) is 20.1 Å². The van der Waals surface area contributed by atoms with E-state index in [2.05, 4.69) is 13.0 Å². The van der Waals surface area contributed by atoms with Gasteiger partial charge in [-0.1, -0.05) is 24.3 Å². The van der Waals surface area contributed by atoms with Gasteiger partial charge in [0.1, 0.15) is 17.9 Å². The smallest absolute Gasteiger partial charge is 0.134 e. The number of hydrogen-bond donors (Lipinski definition) is 1. The van der Waals surface area contributed by atoms with Gasteiger partial charge in [0.15, 0.2) is 0 Å². The number of rotatable bonds is 4. The molecule has 0 amide bonds. The van der Waals surface area contributed by atoms with Gasteiger partial charge >= 0.3 is 0 Å². The molecule has 102 valence electrons. The number of benzene rings is 2. The standard InChI is InChI=1S/C17H17NO2/c1-12-3-2-4-15(7-12)19-10-14-11-20-17-8-13(9-18)5-6-16(14)17/h2-8,11H,9-10,18H2,1H3. The highest BCUT2D eigenvalue weighted by atomic mass is 16.5. The van der Waals surface area contributed by atoms with Crippen molar-refractivity contribution in [3.63, 3.8) is 0 Å². The molecule has 3 aromatic rings. The third kappa shape index (κ3) is 2.53. The third-order valence-electron chi connectivity index (χ3n) is 3.34. The molecule has 0 fully saturated rings. The fourth-order valence-electron chi connectivity index (χ4n) is 2.23. The number of nitrogens with two attached hydrogens (primary N) is 1. The number of fused-ring (bicyclic) bond motifs is 1. The molecule has 0 aliphatic heterocycles. The first kappa shape index (κ1) is 12.8. The second-order valence-electron chi connectivity index (χ2n) is 4.90. The van der Waals surface area contributed by atoms with Gasteiger partial charge in [-0.2, -0.15) is 0 Å². The van der Waals surface area contributed by atoms with Gasteiger partial charge in [-0.15, -0.1) is 0 Å². The van der Waals surface area contributed by atoms with E-state index in [-0.39, 0.29) is 0 Å². The summed E-state index contributed by atoms with van der Waals surface area (Å²) in [6.45, 7) is 3.07. The molecule has 20 heavy (non-hydrogen) atoms. The van der Waals surface area contributed by atoms with Crippen LogP contribution in [-0.4, -0.2) is 0 Å². The molecule has 2 aromatic carbocycles. The summed E-state index contributed by atoms with van der Waals surface area (Å²) >= 11 is 0. The molecule has 0 radical (unpaired) electrons. The predicted octanol–water partition coefficient (Wildman–Crippen LogP) is 3.78. The molecule has 0 bridgehead atoms. The Morgan fingerprint density at radius 1 is 1.15 bits per heavy atom. The monoisotopic (exact) mass is 267 g/mol. The summed E-state index contributed by atoms with van der Waals surface area (Å²) in [5.74, 6) is 0.873. The fourth-order valence-corrected chi connectivity index (χ4v) is 2.23. The third-order valence-corrected chi connectivity index (χ3v) is 3.34. The first-order chi connectivity index (χ1) is 9.76. The van der Waals surface area contributed by atoms with Crippen molar-refractivity contribution in [1.29, 1.82) is 0 Å². The van der Waals surface area contributed by atoms with Gasteiger partial charge in [0, 0.05) is 17.5 Å². The summed E-state index contributed by atoms with van der Waals surface area (Å²) in [6, 6.07) is 14.1. The maximum Gasteiger partial charge on any atom is 0.134 e. The maximum absolute atomic E-state index is 5.81. The van der Waals surface area contributed by atoms with Crippen molar-refractivity contribution in [2.24, 2.45) is 5.73 Å². The number of hydrogen-bond acceptors (Lipinski definition) is 3. The molecule has 2 N–H and O–H groups in total. The lowest BCUT2D eigenvalue weighted by molar-refractivity contribution is 0.306. The van der Waals surface area contributed by atoms with Crippen LogP contribution in [0.3, 0.4) is 0 Å². The average Bonchev–Trinajstić information content (AvgIpc) is 2.87. The molecular weight excluding hydrogens is 250 g/mol. The minimum atomic E-state index is 0.498. The van der Waals surface area contributed by atoms with E-state index in [1.807, 2.05) is 36.4 Å². The first-order valence-corrected chi connectivity index (χ1v) is 6.65. The largest absolute Gasteiger partial charge is 0.489 e. The van der Waals surface area contributed by atoms with Crippen LogP contribution >= 0.6 is 0 Å². The zero-order chi connectivity index (χ0) is 13.9. The van der Waals surface area contributed by atoms with E-state index in [0.717, 1.165) is 27.8 Å². The Balaban J connectivity index is 1.81. The number of aryl methyl sites for hydroxylation is 1. The lowest BCUT2D eigenvalue weighted by Gasteiger charge is -2.05. The van der Waals surface area contributed by atoms with Crippen LogP contribution in [0.2, 0.25) is 0 Å². The average molecular weight is 267 g/mol. The van der Waals surface area contributed by atoms with Gasteiger partial charge in [-0.05, 0) is 36.2 Å². The van der Waals surface area contributed by atoms with Gasteiger partial charge < -0.3 is 14.9 Å². The summed E-state index contributed by atoms with van der Waals surface area (Å²) in [7, 11) is 0. The predicted molar refractivity (Wildman–Crippen MR) is 79.6 cm³/mol. The Morgan fingerprint density at radius 3 is 2.85 bits per heavy atom. The molecule has 3 heteroatoms. The Kier molecular flexibility index (Phi) is 3.44. The quantitative estimate of drug-likeness (QED) is 0.782. The van der Waals surface area contributed by atoms with E-state index < -0.39 is 0 Å². The van der Waals surface area contributed by atoms with Crippen LogP contribution in [-0.2, 0) is 13.2 Å². The van der Waals surface area contributed by atoms with E-state index in [0.29, 0.717) is 13.2 Å². The molecule has 1 heterocycles. The van der Waals surface area contributed by atoms with Gasteiger partial charge in [0.2, 0.25) is 0 Å². The Hall–Kier alpha value is -2.26. The van der Waals surface area contributed by atoms with Crippen molar-refractivity contribution in [3.05, 3.63) is 65.4 Å². The summed E-state index contributed by atoms with van der Waals surface area (Å²) < 4.78 is 11.4. The molecule has 3 rings (SSSR count). The van der Waals surface area contributed by atoms with E-state index in [9.17, 15) is 0 Å². The molecule has 0 spiro atoms. The van der Waals surface area contributed by atoms with Crippen LogP contribution in [0, 0.1) is 6.92 Å². The lowest BCUT2D eigenvalue weighted by atomic mass is 10.1. The lowest BCUT2D eigenvalue weighted by Crippen LogP contribution is -1.96. The minimum absolute atomic E-state index is 0.498. The van der Waals surface area contributed by atoms with Crippen LogP contribution in [0.1, 0.15) is 16.7 Å². The van der Waals surface area contributed by atoms with Crippen LogP contribution in [0.25, 0.3) is 11.0 Å². The van der Waals surface area contributed by atoms with Gasteiger partial charge in [0.25, 0.3) is 0 Å². The second kappa shape index (κ2) is 5.39. The van der Waals surface area contributed by atoms with Gasteiger partial charge in [-0.25, -0.2) is 0 Å². The van der Waals surface area contributed by atoms with Crippen LogP contribution in [0.4, 0.5) is 0 Å². The van der Waals surface area contributed by atoms with Gasteiger partial charge in [-0.3, -0.25) is 0 Å². The van der Waals surface area contributed by atoms with E-state index in [1.54, 1.807) is 6.26 Å². The molecule has 0 atom stereocenters. The topological polar surface area (TPSA) is 48.4 Å². The molecular formula is C17H17NO2. The Labute approximate surface area is 118 Å². The van der Waals surface area contributed by atoms with Crippen LogP contribution < -0.4 is 10.5 Å². The highest BCUT2D eigenvalue weighted by molar-refractivity contribution is 5.81. The summed E-state index contributed by atoms with van der Waals surface area (Å²) in [4.78, 5) is 0. The van der Waals surface area contributed by atoms with Crippen molar-refractivity contribution in [3.8, 4) is 5.75 Å². The van der Waals surface area contributed by atoms with Gasteiger partial charge in [0.05, 0.1) is 6.26 Å². The molecule has 0 saturated carbocycles. The Morgan fingerprint density at radius 2 is 2.05 bits per heavy atom. The normalized spacial score (nSPS) is 10.9. The summed E-state index contributed by atoms with van der Waals surface area (Å²) in [6.07, 6.45) is 1.75. The highest BCUT2D eigenvalue weighted by Gasteiger charge is 2.07. The molecule has 3 nitrogen and oxygen atoms in total. The zero-order valence-electron chi connectivity index (χ0n) is 11.4. The molecule has 1 aromatic heterocycles. The fraction of sp³-hybridized carbons (Fsp3) is 0.176. The number of furan rings is 1. The minimum Gasteiger partial charge on any atom is -0.489 e. The van der Waals surface area contributed by atoms with Crippen LogP contribution in [0.15, 0.2) is 53.1 Å². The first-order valence-electron chi connectivity index (χ1n) is 6.65. The molecule has 0 aliphatic carbocycles. The second-order valence-corrected chi connectivity index (χ2v) is 4.90. The maximum atomic E-state index is 5.81. The summed E-state index contributed by atoms with van der Waals surface area (Å²) in [5.41, 5.74) is 9.79. The summed E-state index contributed by atoms with van der Waals surface area (Å²) in [5, 5.41) is 1.08.